The van der Waals surface area contributed by atoms with Crippen molar-refractivity contribution in [3.05, 3.63) is 77.4 Å². The van der Waals surface area contributed by atoms with E-state index in [1.54, 1.807) is 0 Å². The van der Waals surface area contributed by atoms with Crippen LogP contribution in [0.2, 0.25) is 0 Å². The Bertz CT molecular complexity index is 704. The lowest BCUT2D eigenvalue weighted by Gasteiger charge is -2.20. The molecule has 3 rings (SSSR count). The molecule has 0 saturated carbocycles. The van der Waals surface area contributed by atoms with Crippen molar-refractivity contribution >= 4 is 11.6 Å². The van der Waals surface area contributed by atoms with Crippen LogP contribution in [0.4, 0.5) is 0 Å². The Kier molecular flexibility index (Phi) is 4.58. The molecule has 0 aromatic heterocycles. The van der Waals surface area contributed by atoms with Crippen molar-refractivity contribution in [3.63, 3.8) is 0 Å². The number of aryl methyl sites for hydroxylation is 1. The summed E-state index contributed by atoms with van der Waals surface area (Å²) in [5, 5.41) is 1.44. The topological polar surface area (TPSA) is 29.5 Å². The van der Waals surface area contributed by atoms with Gasteiger partial charge in [-0.05, 0) is 30.5 Å². The molecule has 0 radical (unpaired) electrons. The third-order valence-corrected chi connectivity index (χ3v) is 4.08. The van der Waals surface area contributed by atoms with E-state index in [0.29, 0.717) is 6.61 Å². The molecule has 0 saturated heterocycles. The van der Waals surface area contributed by atoms with Crippen molar-refractivity contribution in [2.45, 2.75) is 26.9 Å². The standard InChI is InChI=1S/C20H21NO2/c1-3-16-9-11-18(12-10-16)19-13-15(2)20(22)21(19)23-14-17-7-5-4-6-8-17/h4-13,15H,3,14H2,1-2H3. The highest BCUT2D eigenvalue weighted by Gasteiger charge is 2.31. The van der Waals surface area contributed by atoms with Gasteiger partial charge in [-0.25, -0.2) is 0 Å². The fraction of sp³-hybridized carbons (Fsp3) is 0.250. The summed E-state index contributed by atoms with van der Waals surface area (Å²) in [7, 11) is 0. The molecule has 3 heteroatoms. The molecule has 3 nitrogen and oxygen atoms in total. The molecule has 118 valence electrons. The molecule has 1 aliphatic rings. The lowest BCUT2D eigenvalue weighted by atomic mass is 10.1. The SMILES string of the molecule is CCc1ccc(C2=CC(C)C(=O)N2OCc2ccccc2)cc1. The highest BCUT2D eigenvalue weighted by atomic mass is 16.7. The van der Waals surface area contributed by atoms with Gasteiger partial charge in [0.15, 0.2) is 0 Å². The summed E-state index contributed by atoms with van der Waals surface area (Å²) >= 11 is 0. The maximum absolute atomic E-state index is 12.4. The second-order valence-corrected chi connectivity index (χ2v) is 5.78. The first kappa shape index (κ1) is 15.5. The van der Waals surface area contributed by atoms with Crippen molar-refractivity contribution in [1.29, 1.82) is 0 Å². The number of carbonyl (C=O) groups is 1. The van der Waals surface area contributed by atoms with Crippen LogP contribution in [-0.2, 0) is 22.7 Å². The van der Waals surface area contributed by atoms with Gasteiger partial charge in [0.05, 0.1) is 11.6 Å². The van der Waals surface area contributed by atoms with Gasteiger partial charge in [0.1, 0.15) is 6.61 Å². The van der Waals surface area contributed by atoms with Crippen LogP contribution in [0.1, 0.15) is 30.5 Å². The molecule has 23 heavy (non-hydrogen) atoms. The maximum atomic E-state index is 12.4. The molecule has 0 bridgehead atoms. The lowest BCUT2D eigenvalue weighted by Crippen LogP contribution is -2.27. The molecule has 0 N–H and O–H groups in total. The van der Waals surface area contributed by atoms with E-state index in [0.717, 1.165) is 23.2 Å². The molecule has 1 heterocycles. The van der Waals surface area contributed by atoms with Crippen molar-refractivity contribution in [3.8, 4) is 0 Å². The molecule has 2 aromatic rings. The molecular weight excluding hydrogens is 286 g/mol. The van der Waals surface area contributed by atoms with Crippen LogP contribution >= 0.6 is 0 Å². The number of rotatable bonds is 5. The Morgan fingerprint density at radius 3 is 2.35 bits per heavy atom. The highest BCUT2D eigenvalue weighted by Crippen LogP contribution is 2.30. The number of hydrogen-bond acceptors (Lipinski definition) is 2. The molecular formula is C20H21NO2. The molecule has 1 aliphatic heterocycles. The van der Waals surface area contributed by atoms with Crippen molar-refractivity contribution in [1.82, 2.24) is 5.06 Å². The Labute approximate surface area is 137 Å². The predicted molar refractivity (Wildman–Crippen MR) is 91.0 cm³/mol. The maximum Gasteiger partial charge on any atom is 0.257 e. The van der Waals surface area contributed by atoms with Gasteiger partial charge >= 0.3 is 0 Å². The van der Waals surface area contributed by atoms with Crippen LogP contribution < -0.4 is 0 Å². The summed E-state index contributed by atoms with van der Waals surface area (Å²) in [6.07, 6.45) is 2.97. The van der Waals surface area contributed by atoms with E-state index in [1.807, 2.05) is 43.3 Å². The van der Waals surface area contributed by atoms with Gasteiger partial charge in [-0.1, -0.05) is 61.5 Å². The summed E-state index contributed by atoms with van der Waals surface area (Å²) in [4.78, 5) is 18.2. The number of amides is 1. The van der Waals surface area contributed by atoms with Gasteiger partial charge in [0.25, 0.3) is 5.91 Å². The van der Waals surface area contributed by atoms with Crippen LogP contribution in [-0.4, -0.2) is 11.0 Å². The molecule has 0 aliphatic carbocycles. The first-order chi connectivity index (χ1) is 11.2. The quantitative estimate of drug-likeness (QED) is 0.828. The minimum atomic E-state index is -0.161. The molecule has 0 spiro atoms. The largest absolute Gasteiger partial charge is 0.271 e. The lowest BCUT2D eigenvalue weighted by molar-refractivity contribution is -0.169. The number of hydroxylamine groups is 2. The van der Waals surface area contributed by atoms with Crippen molar-refractivity contribution < 1.29 is 9.63 Å². The normalized spacial score (nSPS) is 17.5. The van der Waals surface area contributed by atoms with E-state index in [1.165, 1.54) is 10.6 Å². The minimum absolute atomic E-state index is 0.0181. The van der Waals surface area contributed by atoms with E-state index in [9.17, 15) is 4.79 Å². The van der Waals surface area contributed by atoms with Gasteiger partial charge < -0.3 is 0 Å². The first-order valence-corrected chi connectivity index (χ1v) is 8.01. The minimum Gasteiger partial charge on any atom is -0.271 e. The molecule has 1 amide bonds. The monoisotopic (exact) mass is 307 g/mol. The van der Waals surface area contributed by atoms with E-state index in [4.69, 9.17) is 4.84 Å². The van der Waals surface area contributed by atoms with Crippen molar-refractivity contribution in [2.75, 3.05) is 0 Å². The molecule has 2 aromatic carbocycles. The zero-order chi connectivity index (χ0) is 16.2. The van der Waals surface area contributed by atoms with Gasteiger partial charge in [0.2, 0.25) is 0 Å². The molecule has 0 fully saturated rings. The van der Waals surface area contributed by atoms with Crippen LogP contribution in [0.25, 0.3) is 5.70 Å². The average Bonchev–Trinajstić information content (AvgIpc) is 2.89. The van der Waals surface area contributed by atoms with E-state index in [-0.39, 0.29) is 11.8 Å². The zero-order valence-corrected chi connectivity index (χ0v) is 13.5. The summed E-state index contributed by atoms with van der Waals surface area (Å²) in [5.74, 6) is -0.179. The first-order valence-electron chi connectivity index (χ1n) is 8.01. The van der Waals surface area contributed by atoms with Crippen LogP contribution in [0, 0.1) is 5.92 Å². The third-order valence-electron chi connectivity index (χ3n) is 4.08. The van der Waals surface area contributed by atoms with Gasteiger partial charge in [-0.15, -0.1) is 0 Å². The van der Waals surface area contributed by atoms with Gasteiger partial charge in [-0.3, -0.25) is 9.63 Å². The summed E-state index contributed by atoms with van der Waals surface area (Å²) < 4.78 is 0. The van der Waals surface area contributed by atoms with Crippen LogP contribution in [0.3, 0.4) is 0 Å². The number of hydrogen-bond donors (Lipinski definition) is 0. The van der Waals surface area contributed by atoms with E-state index in [2.05, 4.69) is 31.2 Å². The Balaban J connectivity index is 1.79. The van der Waals surface area contributed by atoms with Crippen molar-refractivity contribution in [2.24, 2.45) is 5.92 Å². The van der Waals surface area contributed by atoms with E-state index >= 15 is 0 Å². The Morgan fingerprint density at radius 2 is 1.70 bits per heavy atom. The summed E-state index contributed by atoms with van der Waals surface area (Å²) in [5.41, 5.74) is 4.16. The fourth-order valence-electron chi connectivity index (χ4n) is 2.65. The highest BCUT2D eigenvalue weighted by molar-refractivity contribution is 5.94. The summed E-state index contributed by atoms with van der Waals surface area (Å²) in [6, 6.07) is 18.2. The van der Waals surface area contributed by atoms with Gasteiger partial charge in [-0.2, -0.15) is 5.06 Å². The molecule has 1 atom stereocenters. The fourth-order valence-corrected chi connectivity index (χ4v) is 2.65. The average molecular weight is 307 g/mol. The summed E-state index contributed by atoms with van der Waals surface area (Å²) in [6.45, 7) is 4.41. The second kappa shape index (κ2) is 6.80. The second-order valence-electron chi connectivity index (χ2n) is 5.78. The number of benzene rings is 2. The Morgan fingerprint density at radius 1 is 1.00 bits per heavy atom. The van der Waals surface area contributed by atoms with Crippen LogP contribution in [0.5, 0.6) is 0 Å². The predicted octanol–water partition coefficient (Wildman–Crippen LogP) is 4.20. The number of nitrogens with zero attached hydrogens (tertiary/aromatic N) is 1. The third kappa shape index (κ3) is 3.35. The van der Waals surface area contributed by atoms with Crippen LogP contribution in [0.15, 0.2) is 60.7 Å². The smallest absolute Gasteiger partial charge is 0.257 e. The Hall–Kier alpha value is -2.39. The molecule has 1 unspecified atom stereocenters. The number of carbonyl (C=O) groups excluding carboxylic acids is 1. The zero-order valence-electron chi connectivity index (χ0n) is 13.5. The van der Waals surface area contributed by atoms with Gasteiger partial charge in [0, 0.05) is 5.56 Å². The van der Waals surface area contributed by atoms with E-state index < -0.39 is 0 Å².